The maximum absolute atomic E-state index is 11.0. The summed E-state index contributed by atoms with van der Waals surface area (Å²) in [6.07, 6.45) is 6.11. The highest BCUT2D eigenvalue weighted by Crippen LogP contribution is 2.32. The van der Waals surface area contributed by atoms with Crippen molar-refractivity contribution in [3.8, 4) is 0 Å². The number of thiazole rings is 1. The zero-order chi connectivity index (χ0) is 13.1. The normalized spacial score (nSPS) is 16.4. The Morgan fingerprint density at radius 3 is 2.61 bits per heavy atom. The molecule has 0 aliphatic heterocycles. The lowest BCUT2D eigenvalue weighted by Gasteiger charge is -2.30. The summed E-state index contributed by atoms with van der Waals surface area (Å²) in [5.74, 6) is 0.620. The maximum Gasteiger partial charge on any atom is 0.186 e. The van der Waals surface area contributed by atoms with Crippen molar-refractivity contribution >= 4 is 22.8 Å². The molecule has 1 saturated carbocycles. The molecule has 1 fully saturated rings. The lowest BCUT2D eigenvalue weighted by molar-refractivity contribution is 0.112. The highest BCUT2D eigenvalue weighted by molar-refractivity contribution is 7.17. The molecule has 0 unspecified atom stereocenters. The fourth-order valence-corrected chi connectivity index (χ4v) is 3.58. The molecule has 0 N–H and O–H groups in total. The smallest absolute Gasteiger partial charge is 0.186 e. The van der Waals surface area contributed by atoms with Crippen molar-refractivity contribution in [3.05, 3.63) is 10.6 Å². The third-order valence-corrected chi connectivity index (χ3v) is 4.62. The molecule has 1 heterocycles. The van der Waals surface area contributed by atoms with E-state index in [1.165, 1.54) is 25.7 Å². The predicted molar refractivity (Wildman–Crippen MR) is 76.7 cm³/mol. The van der Waals surface area contributed by atoms with E-state index in [9.17, 15) is 4.79 Å². The molecular weight excluding hydrogens is 244 g/mol. The van der Waals surface area contributed by atoms with Crippen molar-refractivity contribution in [3.63, 3.8) is 0 Å². The molecule has 0 amide bonds. The highest BCUT2D eigenvalue weighted by atomic mass is 32.1. The Bertz CT molecular complexity index is 408. The fourth-order valence-electron chi connectivity index (χ4n) is 2.62. The van der Waals surface area contributed by atoms with Crippen LogP contribution in [0.1, 0.15) is 54.9 Å². The van der Waals surface area contributed by atoms with Crippen LogP contribution in [-0.4, -0.2) is 23.9 Å². The van der Waals surface area contributed by atoms with Crippen molar-refractivity contribution in [1.82, 2.24) is 4.98 Å². The standard InChI is InChI=1S/C14H22N2OS/c1-10(2)8-16(12-6-4-5-7-12)14-15-11(3)13(9-17)18-14/h9-10,12H,4-8H2,1-3H3. The molecule has 1 aromatic rings. The first-order valence-corrected chi connectivity index (χ1v) is 7.62. The van der Waals surface area contributed by atoms with Crippen molar-refractivity contribution in [1.29, 1.82) is 0 Å². The molecule has 2 rings (SSSR count). The summed E-state index contributed by atoms with van der Waals surface area (Å²) < 4.78 is 0. The minimum Gasteiger partial charge on any atom is -0.345 e. The molecule has 18 heavy (non-hydrogen) atoms. The molecule has 0 bridgehead atoms. The second-order valence-corrected chi connectivity index (χ2v) is 6.56. The number of aldehydes is 1. The zero-order valence-corrected chi connectivity index (χ0v) is 12.3. The van der Waals surface area contributed by atoms with Gasteiger partial charge >= 0.3 is 0 Å². The van der Waals surface area contributed by atoms with Crippen LogP contribution in [0.5, 0.6) is 0 Å². The number of anilines is 1. The SMILES string of the molecule is Cc1nc(N(CC(C)C)C2CCCC2)sc1C=O. The zero-order valence-electron chi connectivity index (χ0n) is 11.5. The minimum absolute atomic E-state index is 0.620. The van der Waals surface area contributed by atoms with E-state index in [1.54, 1.807) is 11.3 Å². The van der Waals surface area contributed by atoms with Crippen LogP contribution >= 0.6 is 11.3 Å². The Kier molecular flexibility index (Phi) is 4.38. The average Bonchev–Trinajstić information content (AvgIpc) is 2.94. The van der Waals surface area contributed by atoms with Crippen LogP contribution < -0.4 is 4.90 Å². The molecule has 4 heteroatoms. The molecule has 1 aliphatic carbocycles. The van der Waals surface area contributed by atoms with Crippen LogP contribution in [0, 0.1) is 12.8 Å². The van der Waals surface area contributed by atoms with Crippen LogP contribution in [0.3, 0.4) is 0 Å². The first-order chi connectivity index (χ1) is 8.61. The second-order valence-electron chi connectivity index (χ2n) is 5.55. The maximum atomic E-state index is 11.0. The largest absolute Gasteiger partial charge is 0.345 e. The summed E-state index contributed by atoms with van der Waals surface area (Å²) in [4.78, 5) is 18.8. The molecule has 0 aromatic carbocycles. The molecule has 1 aromatic heterocycles. The lowest BCUT2D eigenvalue weighted by Crippen LogP contribution is -2.36. The van der Waals surface area contributed by atoms with Crippen LogP contribution in [0.25, 0.3) is 0 Å². The van der Waals surface area contributed by atoms with Gasteiger partial charge in [0.05, 0.1) is 10.6 Å². The van der Waals surface area contributed by atoms with Crippen LogP contribution in [0.2, 0.25) is 0 Å². The first kappa shape index (κ1) is 13.5. The van der Waals surface area contributed by atoms with E-state index < -0.39 is 0 Å². The molecule has 0 spiro atoms. The van der Waals surface area contributed by atoms with E-state index in [0.717, 1.165) is 28.5 Å². The second kappa shape index (κ2) is 5.83. The van der Waals surface area contributed by atoms with Gasteiger partial charge in [0.1, 0.15) is 0 Å². The number of hydrogen-bond donors (Lipinski definition) is 0. The predicted octanol–water partition coefficient (Wildman–Crippen LogP) is 3.67. The van der Waals surface area contributed by atoms with E-state index in [-0.39, 0.29) is 0 Å². The molecule has 0 saturated heterocycles. The summed E-state index contributed by atoms with van der Waals surface area (Å²) in [5.41, 5.74) is 0.872. The van der Waals surface area contributed by atoms with Gasteiger partial charge in [0, 0.05) is 12.6 Å². The highest BCUT2D eigenvalue weighted by Gasteiger charge is 2.26. The van der Waals surface area contributed by atoms with Crippen LogP contribution in [0.15, 0.2) is 0 Å². The van der Waals surface area contributed by atoms with Gasteiger partial charge in [-0.05, 0) is 25.7 Å². The van der Waals surface area contributed by atoms with Crippen molar-refractivity contribution in [2.45, 2.75) is 52.5 Å². The lowest BCUT2D eigenvalue weighted by atomic mass is 10.1. The molecule has 0 radical (unpaired) electrons. The number of carbonyl (C=O) groups is 1. The number of nitrogens with zero attached hydrogens (tertiary/aromatic N) is 2. The van der Waals surface area contributed by atoms with E-state index in [4.69, 9.17) is 0 Å². The summed E-state index contributed by atoms with van der Waals surface area (Å²) in [6.45, 7) is 7.44. The van der Waals surface area contributed by atoms with Gasteiger partial charge in [0.25, 0.3) is 0 Å². The van der Waals surface area contributed by atoms with E-state index in [0.29, 0.717) is 12.0 Å². The van der Waals surface area contributed by atoms with E-state index >= 15 is 0 Å². The topological polar surface area (TPSA) is 33.2 Å². The van der Waals surface area contributed by atoms with Crippen LogP contribution in [-0.2, 0) is 0 Å². The summed E-state index contributed by atoms with van der Waals surface area (Å²) in [7, 11) is 0. The quantitative estimate of drug-likeness (QED) is 0.762. The molecule has 1 aliphatic rings. The van der Waals surface area contributed by atoms with E-state index in [1.807, 2.05) is 6.92 Å². The molecule has 100 valence electrons. The Hall–Kier alpha value is -0.900. The van der Waals surface area contributed by atoms with Gasteiger partial charge in [-0.2, -0.15) is 0 Å². The Morgan fingerprint density at radius 1 is 1.44 bits per heavy atom. The number of rotatable bonds is 5. The van der Waals surface area contributed by atoms with E-state index in [2.05, 4.69) is 23.7 Å². The number of aromatic nitrogens is 1. The van der Waals surface area contributed by atoms with Gasteiger partial charge in [-0.25, -0.2) is 4.98 Å². The summed E-state index contributed by atoms with van der Waals surface area (Å²) >= 11 is 1.54. The molecular formula is C14H22N2OS. The Balaban J connectivity index is 2.23. The number of aryl methyl sites for hydroxylation is 1. The van der Waals surface area contributed by atoms with Crippen LogP contribution in [0.4, 0.5) is 5.13 Å². The first-order valence-electron chi connectivity index (χ1n) is 6.81. The Morgan fingerprint density at radius 2 is 2.11 bits per heavy atom. The molecule has 3 nitrogen and oxygen atoms in total. The number of carbonyl (C=O) groups excluding carboxylic acids is 1. The fraction of sp³-hybridized carbons (Fsp3) is 0.714. The van der Waals surface area contributed by atoms with Gasteiger partial charge in [-0.3, -0.25) is 4.79 Å². The van der Waals surface area contributed by atoms with Gasteiger partial charge in [0.2, 0.25) is 0 Å². The van der Waals surface area contributed by atoms with Gasteiger partial charge in [-0.15, -0.1) is 0 Å². The molecule has 0 atom stereocenters. The average molecular weight is 266 g/mol. The van der Waals surface area contributed by atoms with Crippen molar-refractivity contribution in [2.24, 2.45) is 5.92 Å². The van der Waals surface area contributed by atoms with Crippen molar-refractivity contribution < 1.29 is 4.79 Å². The van der Waals surface area contributed by atoms with Gasteiger partial charge in [-0.1, -0.05) is 38.0 Å². The third-order valence-electron chi connectivity index (χ3n) is 3.50. The third kappa shape index (κ3) is 2.91. The number of hydrogen-bond acceptors (Lipinski definition) is 4. The Labute approximate surface area is 113 Å². The van der Waals surface area contributed by atoms with Crippen molar-refractivity contribution in [2.75, 3.05) is 11.4 Å². The minimum atomic E-state index is 0.620. The van der Waals surface area contributed by atoms with Gasteiger partial charge in [0.15, 0.2) is 11.4 Å². The van der Waals surface area contributed by atoms with Gasteiger partial charge < -0.3 is 4.90 Å². The monoisotopic (exact) mass is 266 g/mol. The summed E-state index contributed by atoms with van der Waals surface area (Å²) in [5, 5.41) is 1.04. The summed E-state index contributed by atoms with van der Waals surface area (Å²) in [6, 6.07) is 0.623.